The molecular weight excluding hydrogens is 318 g/mol. The van der Waals surface area contributed by atoms with Gasteiger partial charge < -0.3 is 4.90 Å². The summed E-state index contributed by atoms with van der Waals surface area (Å²) in [7, 11) is 0. The third-order valence-corrected chi connectivity index (χ3v) is 3.75. The maximum Gasteiger partial charge on any atom is 0.254 e. The highest BCUT2D eigenvalue weighted by atomic mass is 79.9. The van der Waals surface area contributed by atoms with E-state index in [4.69, 9.17) is 6.57 Å². The third kappa shape index (κ3) is 3.10. The summed E-state index contributed by atoms with van der Waals surface area (Å²) in [6, 6.07) is 4.65. The Morgan fingerprint density at radius 3 is 2.53 bits per heavy atom. The molecule has 19 heavy (non-hydrogen) atoms. The number of alkyl halides is 2. The second kappa shape index (κ2) is 5.25. The molecule has 0 aromatic heterocycles. The van der Waals surface area contributed by atoms with E-state index in [2.05, 4.69) is 20.8 Å². The molecule has 1 aliphatic rings. The van der Waals surface area contributed by atoms with Gasteiger partial charge in [-0.25, -0.2) is 13.6 Å². The molecule has 6 heteroatoms. The van der Waals surface area contributed by atoms with Crippen molar-refractivity contribution >= 4 is 27.5 Å². The number of halogens is 3. The number of hydrogen-bond acceptors (Lipinski definition) is 1. The minimum atomic E-state index is -2.66. The van der Waals surface area contributed by atoms with E-state index in [1.165, 1.54) is 4.90 Å². The van der Waals surface area contributed by atoms with Crippen LogP contribution < -0.4 is 0 Å². The van der Waals surface area contributed by atoms with Crippen LogP contribution in [0.15, 0.2) is 22.7 Å². The molecule has 1 aromatic rings. The molecule has 0 saturated carbocycles. The molecule has 1 saturated heterocycles. The predicted octanol–water partition coefficient (Wildman–Crippen LogP) is 3.87. The fourth-order valence-electron chi connectivity index (χ4n) is 1.95. The Labute approximate surface area is 118 Å². The fourth-order valence-corrected chi connectivity index (χ4v) is 2.49. The van der Waals surface area contributed by atoms with Crippen molar-refractivity contribution in [1.29, 1.82) is 0 Å². The highest BCUT2D eigenvalue weighted by molar-refractivity contribution is 9.10. The molecule has 0 bridgehead atoms. The summed E-state index contributed by atoms with van der Waals surface area (Å²) >= 11 is 3.24. The number of amides is 1. The van der Waals surface area contributed by atoms with E-state index in [-0.39, 0.29) is 31.8 Å². The fraction of sp³-hybridized carbons (Fsp3) is 0.385. The normalized spacial score (nSPS) is 17.9. The summed E-state index contributed by atoms with van der Waals surface area (Å²) in [6.45, 7) is 7.00. The van der Waals surface area contributed by atoms with E-state index in [1.807, 2.05) is 0 Å². The van der Waals surface area contributed by atoms with Gasteiger partial charge in [0.15, 0.2) is 5.69 Å². The molecule has 3 nitrogen and oxygen atoms in total. The lowest BCUT2D eigenvalue weighted by Gasteiger charge is -2.32. The zero-order chi connectivity index (χ0) is 14.0. The summed E-state index contributed by atoms with van der Waals surface area (Å²) in [6.07, 6.45) is -0.590. The molecule has 1 amide bonds. The van der Waals surface area contributed by atoms with Crippen molar-refractivity contribution in [3.63, 3.8) is 0 Å². The van der Waals surface area contributed by atoms with Crippen LogP contribution >= 0.6 is 15.9 Å². The van der Waals surface area contributed by atoms with Gasteiger partial charge in [0.25, 0.3) is 11.8 Å². The molecule has 1 fully saturated rings. The van der Waals surface area contributed by atoms with Crippen LogP contribution in [0.2, 0.25) is 0 Å². The third-order valence-electron chi connectivity index (χ3n) is 3.09. The Morgan fingerprint density at radius 1 is 1.37 bits per heavy atom. The van der Waals surface area contributed by atoms with Crippen molar-refractivity contribution in [2.45, 2.75) is 18.8 Å². The molecule has 0 N–H and O–H groups in total. The van der Waals surface area contributed by atoms with Gasteiger partial charge in [0.1, 0.15) is 0 Å². The van der Waals surface area contributed by atoms with E-state index in [0.29, 0.717) is 15.7 Å². The zero-order valence-electron chi connectivity index (χ0n) is 10.00. The van der Waals surface area contributed by atoms with Crippen molar-refractivity contribution in [3.8, 4) is 0 Å². The number of carbonyl (C=O) groups excluding carboxylic acids is 1. The minimum Gasteiger partial charge on any atom is -0.338 e. The Hall–Kier alpha value is -1.48. The first-order valence-corrected chi connectivity index (χ1v) is 6.56. The molecule has 0 unspecified atom stereocenters. The Balaban J connectivity index is 2.15. The molecule has 1 aromatic carbocycles. The quantitative estimate of drug-likeness (QED) is 0.718. The van der Waals surface area contributed by atoms with E-state index < -0.39 is 5.92 Å². The van der Waals surface area contributed by atoms with E-state index in [1.54, 1.807) is 18.2 Å². The topological polar surface area (TPSA) is 24.7 Å². The van der Waals surface area contributed by atoms with Crippen LogP contribution in [-0.2, 0) is 0 Å². The molecule has 0 spiro atoms. The van der Waals surface area contributed by atoms with Crippen LogP contribution in [0.3, 0.4) is 0 Å². The standard InChI is InChI=1S/C13H11BrF2N2O/c1-17-9-2-3-10(11(14)8-9)12(19)18-6-4-13(15,16)5-7-18/h2-3,8H,4-7H2. The second-order valence-electron chi connectivity index (χ2n) is 4.42. The van der Waals surface area contributed by atoms with Crippen molar-refractivity contribution in [2.24, 2.45) is 0 Å². The molecule has 1 aliphatic heterocycles. The predicted molar refractivity (Wildman–Crippen MR) is 70.5 cm³/mol. The smallest absolute Gasteiger partial charge is 0.254 e. The number of hydrogen-bond donors (Lipinski definition) is 0. The largest absolute Gasteiger partial charge is 0.338 e. The van der Waals surface area contributed by atoms with Gasteiger partial charge in [-0.15, -0.1) is 0 Å². The average Bonchev–Trinajstić information content (AvgIpc) is 2.37. The molecule has 0 aliphatic carbocycles. The number of benzene rings is 1. The summed E-state index contributed by atoms with van der Waals surface area (Å²) < 4.78 is 26.6. The van der Waals surface area contributed by atoms with Gasteiger partial charge in [-0.2, -0.15) is 0 Å². The monoisotopic (exact) mass is 328 g/mol. The van der Waals surface area contributed by atoms with Crippen LogP contribution in [0.5, 0.6) is 0 Å². The summed E-state index contributed by atoms with van der Waals surface area (Å²) in [5, 5.41) is 0. The van der Waals surface area contributed by atoms with Crippen LogP contribution in [-0.4, -0.2) is 29.8 Å². The Kier molecular flexibility index (Phi) is 3.85. The van der Waals surface area contributed by atoms with E-state index in [9.17, 15) is 13.6 Å². The van der Waals surface area contributed by atoms with Crippen molar-refractivity contribution < 1.29 is 13.6 Å². The summed E-state index contributed by atoms with van der Waals surface area (Å²) in [4.78, 5) is 16.9. The summed E-state index contributed by atoms with van der Waals surface area (Å²) in [5.74, 6) is -2.94. The first-order valence-electron chi connectivity index (χ1n) is 5.77. The Bertz CT molecular complexity index is 544. The van der Waals surface area contributed by atoms with Crippen LogP contribution in [0.1, 0.15) is 23.2 Å². The molecule has 1 heterocycles. The SMILES string of the molecule is [C-]#[N+]c1ccc(C(=O)N2CCC(F)(F)CC2)c(Br)c1. The van der Waals surface area contributed by atoms with Crippen molar-refractivity contribution in [2.75, 3.05) is 13.1 Å². The maximum absolute atomic E-state index is 13.0. The number of nitrogens with zero attached hydrogens (tertiary/aromatic N) is 2. The molecule has 2 rings (SSSR count). The number of rotatable bonds is 1. The molecule has 0 atom stereocenters. The van der Waals surface area contributed by atoms with E-state index >= 15 is 0 Å². The van der Waals surface area contributed by atoms with Gasteiger partial charge in [-0.3, -0.25) is 4.79 Å². The van der Waals surface area contributed by atoms with Gasteiger partial charge in [-0.1, -0.05) is 28.1 Å². The van der Waals surface area contributed by atoms with Gasteiger partial charge in [0, 0.05) is 30.4 Å². The Morgan fingerprint density at radius 2 is 2.00 bits per heavy atom. The number of carbonyl (C=O) groups is 1. The molecular formula is C13H11BrF2N2O. The van der Waals surface area contributed by atoms with Gasteiger partial charge >= 0.3 is 0 Å². The number of piperidine rings is 1. The van der Waals surface area contributed by atoms with Gasteiger partial charge in [0.05, 0.1) is 12.1 Å². The van der Waals surface area contributed by atoms with Crippen LogP contribution in [0, 0.1) is 6.57 Å². The highest BCUT2D eigenvalue weighted by Crippen LogP contribution is 2.30. The lowest BCUT2D eigenvalue weighted by atomic mass is 10.1. The first-order chi connectivity index (χ1) is 8.93. The second-order valence-corrected chi connectivity index (χ2v) is 5.28. The highest BCUT2D eigenvalue weighted by Gasteiger charge is 2.36. The van der Waals surface area contributed by atoms with Gasteiger partial charge in [0.2, 0.25) is 0 Å². The average molecular weight is 329 g/mol. The zero-order valence-corrected chi connectivity index (χ0v) is 11.6. The van der Waals surface area contributed by atoms with Crippen molar-refractivity contribution in [3.05, 3.63) is 39.7 Å². The summed E-state index contributed by atoms with van der Waals surface area (Å²) in [5.41, 5.74) is 0.825. The first kappa shape index (κ1) is 13.9. The van der Waals surface area contributed by atoms with Crippen LogP contribution in [0.4, 0.5) is 14.5 Å². The van der Waals surface area contributed by atoms with Crippen molar-refractivity contribution in [1.82, 2.24) is 4.90 Å². The lowest BCUT2D eigenvalue weighted by molar-refractivity contribution is -0.0494. The van der Waals surface area contributed by atoms with Crippen LogP contribution in [0.25, 0.3) is 4.85 Å². The molecule has 100 valence electrons. The van der Waals surface area contributed by atoms with Gasteiger partial charge in [-0.05, 0) is 6.07 Å². The maximum atomic E-state index is 13.0. The molecule has 0 radical (unpaired) electrons. The lowest BCUT2D eigenvalue weighted by Crippen LogP contribution is -2.42. The number of likely N-dealkylation sites (tertiary alicyclic amines) is 1. The minimum absolute atomic E-state index is 0.0584. The van der Waals surface area contributed by atoms with E-state index in [0.717, 1.165) is 0 Å².